The van der Waals surface area contributed by atoms with Gasteiger partial charge in [-0.1, -0.05) is 11.6 Å². The van der Waals surface area contributed by atoms with Crippen molar-refractivity contribution in [1.82, 2.24) is 9.88 Å². The fourth-order valence-corrected chi connectivity index (χ4v) is 2.21. The van der Waals surface area contributed by atoms with Gasteiger partial charge in [-0.15, -0.1) is 0 Å². The van der Waals surface area contributed by atoms with Gasteiger partial charge in [0.05, 0.1) is 10.7 Å². The number of carbonyl (C=O) groups is 1. The number of halogens is 1. The van der Waals surface area contributed by atoms with Crippen molar-refractivity contribution in [3.8, 4) is 0 Å². The number of hydrogen-bond donors (Lipinski definition) is 2. The van der Waals surface area contributed by atoms with Gasteiger partial charge in [-0.25, -0.2) is 0 Å². The minimum atomic E-state index is -0.171. The van der Waals surface area contributed by atoms with Crippen molar-refractivity contribution >= 4 is 23.2 Å². The maximum atomic E-state index is 11.5. The monoisotopic (exact) mass is 213 g/mol. The van der Waals surface area contributed by atoms with Crippen molar-refractivity contribution in [2.45, 2.75) is 19.4 Å². The van der Waals surface area contributed by atoms with Crippen molar-refractivity contribution < 1.29 is 4.79 Å². The van der Waals surface area contributed by atoms with Gasteiger partial charge >= 0.3 is 0 Å². The largest absolute Gasteiger partial charge is 0.396 e. The third-order valence-corrected chi connectivity index (χ3v) is 2.97. The molecule has 0 fully saturated rings. The van der Waals surface area contributed by atoms with Crippen LogP contribution in [0.25, 0.3) is 0 Å². The molecule has 5 heteroatoms. The first-order chi connectivity index (χ1) is 6.66. The van der Waals surface area contributed by atoms with E-state index in [9.17, 15) is 4.79 Å². The van der Waals surface area contributed by atoms with E-state index < -0.39 is 0 Å². The van der Waals surface area contributed by atoms with E-state index in [2.05, 4.69) is 5.32 Å². The summed E-state index contributed by atoms with van der Waals surface area (Å²) in [6.07, 6.45) is 1.93. The van der Waals surface area contributed by atoms with Gasteiger partial charge in [0.25, 0.3) is 5.91 Å². The summed E-state index contributed by atoms with van der Waals surface area (Å²) in [5.41, 5.74) is 7.87. The summed E-state index contributed by atoms with van der Waals surface area (Å²) in [5.74, 6) is -0.171. The van der Waals surface area contributed by atoms with Crippen LogP contribution in [0.1, 0.15) is 22.6 Å². The van der Waals surface area contributed by atoms with Crippen LogP contribution in [0.3, 0.4) is 0 Å². The Balaban J connectivity index is 2.59. The second kappa shape index (κ2) is 3.20. The number of amides is 1. The van der Waals surface area contributed by atoms with Crippen LogP contribution in [0, 0.1) is 0 Å². The molecule has 1 amide bonds. The van der Waals surface area contributed by atoms with E-state index in [1.807, 2.05) is 4.57 Å². The first-order valence-electron chi connectivity index (χ1n) is 4.55. The van der Waals surface area contributed by atoms with Gasteiger partial charge in [0, 0.05) is 19.3 Å². The molecule has 1 aromatic heterocycles. The van der Waals surface area contributed by atoms with Crippen LogP contribution >= 0.6 is 11.6 Å². The Morgan fingerprint density at radius 1 is 1.64 bits per heavy atom. The molecular weight excluding hydrogens is 202 g/mol. The molecule has 0 aliphatic carbocycles. The second-order valence-electron chi connectivity index (χ2n) is 3.36. The lowest BCUT2D eigenvalue weighted by Crippen LogP contribution is -2.21. The van der Waals surface area contributed by atoms with E-state index in [1.165, 1.54) is 0 Å². The SMILES string of the molecule is CNC(=O)c1c(Cl)c(N)c2n1CCC2. The molecule has 0 atom stereocenters. The van der Waals surface area contributed by atoms with Crippen LogP contribution < -0.4 is 11.1 Å². The van der Waals surface area contributed by atoms with Crippen molar-refractivity contribution in [3.05, 3.63) is 16.4 Å². The lowest BCUT2D eigenvalue weighted by molar-refractivity contribution is 0.0954. The number of nitrogen functional groups attached to an aromatic ring is 1. The fourth-order valence-electron chi connectivity index (χ4n) is 1.91. The van der Waals surface area contributed by atoms with Gasteiger partial charge in [-0.05, 0) is 12.8 Å². The van der Waals surface area contributed by atoms with Gasteiger partial charge in [-0.3, -0.25) is 4.79 Å². The maximum Gasteiger partial charge on any atom is 0.269 e. The topological polar surface area (TPSA) is 60.1 Å². The Bertz CT molecular complexity index is 397. The molecule has 4 nitrogen and oxygen atoms in total. The van der Waals surface area contributed by atoms with Crippen LogP contribution in [0.4, 0.5) is 5.69 Å². The zero-order valence-corrected chi connectivity index (χ0v) is 8.69. The summed E-state index contributed by atoms with van der Waals surface area (Å²) >= 11 is 6.00. The molecule has 3 N–H and O–H groups in total. The lowest BCUT2D eigenvalue weighted by Gasteiger charge is -2.04. The molecular formula is C9H12ClN3O. The number of carbonyl (C=O) groups excluding carboxylic acids is 1. The molecule has 0 radical (unpaired) electrons. The molecule has 2 rings (SSSR count). The van der Waals surface area contributed by atoms with Gasteiger partial charge in [0.1, 0.15) is 5.69 Å². The van der Waals surface area contributed by atoms with Crippen LogP contribution in [-0.2, 0) is 13.0 Å². The smallest absolute Gasteiger partial charge is 0.269 e. The number of fused-ring (bicyclic) bond motifs is 1. The molecule has 76 valence electrons. The predicted octanol–water partition coefficient (Wildman–Crippen LogP) is 1.03. The Morgan fingerprint density at radius 3 is 3.00 bits per heavy atom. The quantitative estimate of drug-likeness (QED) is 0.732. The van der Waals surface area contributed by atoms with E-state index in [0.717, 1.165) is 25.1 Å². The summed E-state index contributed by atoms with van der Waals surface area (Å²) in [6.45, 7) is 0.828. The zero-order chi connectivity index (χ0) is 10.3. The van der Waals surface area contributed by atoms with Gasteiger partial charge < -0.3 is 15.6 Å². The first-order valence-corrected chi connectivity index (χ1v) is 4.93. The van der Waals surface area contributed by atoms with Gasteiger partial charge in [0.15, 0.2) is 0 Å². The fraction of sp³-hybridized carbons (Fsp3) is 0.444. The Morgan fingerprint density at radius 2 is 2.36 bits per heavy atom. The van der Waals surface area contributed by atoms with E-state index >= 15 is 0 Å². The van der Waals surface area contributed by atoms with Gasteiger partial charge in [0.2, 0.25) is 0 Å². The highest BCUT2D eigenvalue weighted by Gasteiger charge is 2.26. The standard InChI is InChI=1S/C9H12ClN3O/c1-12-9(14)8-6(10)7(11)5-3-2-4-13(5)8/h2-4,11H2,1H3,(H,12,14). The number of anilines is 1. The normalized spacial score (nSPS) is 14.1. The number of hydrogen-bond acceptors (Lipinski definition) is 2. The van der Waals surface area contributed by atoms with Crippen molar-refractivity contribution in [2.75, 3.05) is 12.8 Å². The third-order valence-electron chi connectivity index (χ3n) is 2.59. The molecule has 1 aromatic rings. The zero-order valence-electron chi connectivity index (χ0n) is 7.93. The van der Waals surface area contributed by atoms with Crippen molar-refractivity contribution in [3.63, 3.8) is 0 Å². The lowest BCUT2D eigenvalue weighted by atomic mass is 10.2. The number of nitrogens with zero attached hydrogens (tertiary/aromatic N) is 1. The summed E-state index contributed by atoms with van der Waals surface area (Å²) in [7, 11) is 1.59. The molecule has 0 saturated heterocycles. The predicted molar refractivity (Wildman–Crippen MR) is 55.6 cm³/mol. The Kier molecular flexibility index (Phi) is 2.15. The molecule has 1 aliphatic rings. The van der Waals surface area contributed by atoms with Crippen molar-refractivity contribution in [1.29, 1.82) is 0 Å². The van der Waals surface area contributed by atoms with E-state index in [4.69, 9.17) is 17.3 Å². The number of rotatable bonds is 1. The number of nitrogens with two attached hydrogens (primary N) is 1. The van der Waals surface area contributed by atoms with Crippen LogP contribution in [0.15, 0.2) is 0 Å². The highest BCUT2D eigenvalue weighted by molar-refractivity contribution is 6.36. The third kappa shape index (κ3) is 1.10. The van der Waals surface area contributed by atoms with E-state index in [-0.39, 0.29) is 5.91 Å². The maximum absolute atomic E-state index is 11.5. The molecule has 0 saturated carbocycles. The summed E-state index contributed by atoms with van der Waals surface area (Å²) < 4.78 is 1.91. The summed E-state index contributed by atoms with van der Waals surface area (Å²) in [5, 5.41) is 2.95. The highest BCUT2D eigenvalue weighted by Crippen LogP contribution is 2.34. The molecule has 0 unspecified atom stereocenters. The molecule has 2 heterocycles. The molecule has 0 bridgehead atoms. The van der Waals surface area contributed by atoms with Crippen LogP contribution in [0.5, 0.6) is 0 Å². The average Bonchev–Trinajstić information content (AvgIpc) is 2.72. The first kappa shape index (κ1) is 9.40. The Labute approximate surface area is 87.0 Å². The molecule has 0 spiro atoms. The number of nitrogens with one attached hydrogen (secondary N) is 1. The van der Waals surface area contributed by atoms with E-state index in [1.54, 1.807) is 7.05 Å². The van der Waals surface area contributed by atoms with Crippen molar-refractivity contribution in [2.24, 2.45) is 0 Å². The molecule has 1 aliphatic heterocycles. The minimum absolute atomic E-state index is 0.171. The Hall–Kier alpha value is -1.16. The van der Waals surface area contributed by atoms with Gasteiger partial charge in [-0.2, -0.15) is 0 Å². The highest BCUT2D eigenvalue weighted by atomic mass is 35.5. The summed E-state index contributed by atoms with van der Waals surface area (Å²) in [6, 6.07) is 0. The minimum Gasteiger partial charge on any atom is -0.396 e. The summed E-state index contributed by atoms with van der Waals surface area (Å²) in [4.78, 5) is 11.5. The van der Waals surface area contributed by atoms with Crippen LogP contribution in [-0.4, -0.2) is 17.5 Å². The van der Waals surface area contributed by atoms with Crippen LogP contribution in [0.2, 0.25) is 5.02 Å². The average molecular weight is 214 g/mol. The van der Waals surface area contributed by atoms with E-state index in [0.29, 0.717) is 16.4 Å². The molecule has 0 aromatic carbocycles. The number of aromatic nitrogens is 1. The molecule has 14 heavy (non-hydrogen) atoms. The second-order valence-corrected chi connectivity index (χ2v) is 3.74.